The molecule has 0 fully saturated rings. The van der Waals surface area contributed by atoms with Crippen LogP contribution in [0.25, 0.3) is 11.5 Å². The van der Waals surface area contributed by atoms with Gasteiger partial charge >= 0.3 is 11.7 Å². The number of ether oxygens (including phenoxy) is 1. The highest BCUT2D eigenvalue weighted by Crippen LogP contribution is 2.15. The summed E-state index contributed by atoms with van der Waals surface area (Å²) in [6.45, 7) is -0.343. The van der Waals surface area contributed by atoms with Crippen molar-refractivity contribution in [1.82, 2.24) is 9.78 Å². The van der Waals surface area contributed by atoms with Crippen LogP contribution in [0.1, 0.15) is 5.56 Å². The largest absolute Gasteiger partial charge is 0.459 e. The van der Waals surface area contributed by atoms with Crippen molar-refractivity contribution in [1.29, 1.82) is 0 Å². The summed E-state index contributed by atoms with van der Waals surface area (Å²) in [5.41, 5.74) is 1.18. The van der Waals surface area contributed by atoms with Gasteiger partial charge < -0.3 is 9.15 Å². The molecule has 0 aliphatic heterocycles. The molecule has 0 saturated heterocycles. The normalized spacial score (nSPS) is 10.6. The average Bonchev–Trinajstić information content (AvgIpc) is 2.95. The summed E-state index contributed by atoms with van der Waals surface area (Å²) in [4.78, 5) is 23.6. The SMILES string of the molecule is O=C(Cn1nc(-c2ccc(F)cc2)oc1=O)OCc1ccc(Cl)cc1. The molecule has 0 spiro atoms. The summed E-state index contributed by atoms with van der Waals surface area (Å²) < 4.78 is 23.8. The Kier molecular flexibility index (Phi) is 4.95. The number of esters is 1. The highest BCUT2D eigenvalue weighted by molar-refractivity contribution is 6.30. The lowest BCUT2D eigenvalue weighted by Crippen LogP contribution is -2.22. The molecule has 0 radical (unpaired) electrons. The molecule has 2 aromatic carbocycles. The summed E-state index contributed by atoms with van der Waals surface area (Å²) in [5, 5.41) is 4.49. The maximum Gasteiger partial charge on any atom is 0.437 e. The Balaban J connectivity index is 1.64. The number of benzene rings is 2. The number of hydrogen-bond acceptors (Lipinski definition) is 5. The first-order chi connectivity index (χ1) is 12.0. The summed E-state index contributed by atoms with van der Waals surface area (Å²) in [6.07, 6.45) is 0. The zero-order chi connectivity index (χ0) is 17.8. The van der Waals surface area contributed by atoms with Crippen LogP contribution in [0.2, 0.25) is 5.02 Å². The Labute approximate surface area is 146 Å². The van der Waals surface area contributed by atoms with Crippen LogP contribution < -0.4 is 5.76 Å². The van der Waals surface area contributed by atoms with Crippen molar-refractivity contribution in [2.75, 3.05) is 0 Å². The van der Waals surface area contributed by atoms with Crippen molar-refractivity contribution in [2.45, 2.75) is 13.2 Å². The molecule has 8 heteroatoms. The van der Waals surface area contributed by atoms with E-state index in [1.54, 1.807) is 24.3 Å². The maximum absolute atomic E-state index is 12.9. The molecule has 128 valence electrons. The second-order valence-corrected chi connectivity index (χ2v) is 5.56. The Hall–Kier alpha value is -2.93. The standard InChI is InChI=1S/C17H12ClFN2O4/c18-13-5-1-11(2-6-13)10-24-15(22)9-21-17(23)25-16(20-21)12-3-7-14(19)8-4-12/h1-8H,9-10H2. The van der Waals surface area contributed by atoms with Crippen LogP contribution >= 0.6 is 11.6 Å². The Morgan fingerprint density at radius 2 is 1.84 bits per heavy atom. The molecule has 0 amide bonds. The van der Waals surface area contributed by atoms with Gasteiger partial charge in [-0.25, -0.2) is 9.18 Å². The van der Waals surface area contributed by atoms with Gasteiger partial charge in [0, 0.05) is 10.6 Å². The minimum Gasteiger partial charge on any atom is -0.459 e. The molecule has 0 N–H and O–H groups in total. The smallest absolute Gasteiger partial charge is 0.437 e. The molecule has 0 unspecified atom stereocenters. The van der Waals surface area contributed by atoms with Gasteiger partial charge in [-0.3, -0.25) is 4.79 Å². The molecule has 0 aliphatic rings. The van der Waals surface area contributed by atoms with Crippen molar-refractivity contribution >= 4 is 17.6 Å². The highest BCUT2D eigenvalue weighted by Gasteiger charge is 2.14. The van der Waals surface area contributed by atoms with Gasteiger partial charge in [-0.2, -0.15) is 4.68 Å². The van der Waals surface area contributed by atoms with Gasteiger partial charge in [0.15, 0.2) is 0 Å². The van der Waals surface area contributed by atoms with Crippen LogP contribution in [-0.4, -0.2) is 15.7 Å². The van der Waals surface area contributed by atoms with Crippen molar-refractivity contribution in [2.24, 2.45) is 0 Å². The van der Waals surface area contributed by atoms with Crippen LogP contribution in [0.5, 0.6) is 0 Å². The predicted octanol–water partition coefficient (Wildman–Crippen LogP) is 3.04. The minimum atomic E-state index is -0.803. The molecule has 0 atom stereocenters. The van der Waals surface area contributed by atoms with E-state index in [1.165, 1.54) is 24.3 Å². The molecule has 1 heterocycles. The van der Waals surface area contributed by atoms with Gasteiger partial charge in [-0.1, -0.05) is 23.7 Å². The van der Waals surface area contributed by atoms with Gasteiger partial charge in [0.05, 0.1) is 0 Å². The van der Waals surface area contributed by atoms with Crippen LogP contribution in [0, 0.1) is 5.82 Å². The third-order valence-corrected chi connectivity index (χ3v) is 3.54. The van der Waals surface area contributed by atoms with Crippen molar-refractivity contribution in [3.05, 3.63) is 75.5 Å². The number of carbonyl (C=O) groups excluding carboxylic acids is 1. The van der Waals surface area contributed by atoms with E-state index in [4.69, 9.17) is 20.8 Å². The Morgan fingerprint density at radius 1 is 1.16 bits per heavy atom. The van der Waals surface area contributed by atoms with Crippen LogP contribution in [-0.2, 0) is 22.7 Å². The average molecular weight is 363 g/mol. The summed E-state index contributed by atoms with van der Waals surface area (Å²) in [7, 11) is 0. The van der Waals surface area contributed by atoms with E-state index in [-0.39, 0.29) is 12.5 Å². The highest BCUT2D eigenvalue weighted by atomic mass is 35.5. The fourth-order valence-corrected chi connectivity index (χ4v) is 2.15. The van der Waals surface area contributed by atoms with Gasteiger partial charge in [-0.15, -0.1) is 5.10 Å². The minimum absolute atomic E-state index is 0.00417. The molecule has 0 aliphatic carbocycles. The van der Waals surface area contributed by atoms with Crippen LogP contribution in [0.3, 0.4) is 0 Å². The molecule has 0 saturated carbocycles. The van der Waals surface area contributed by atoms with Crippen molar-refractivity contribution < 1.29 is 18.3 Å². The van der Waals surface area contributed by atoms with Gasteiger partial charge in [-0.05, 0) is 42.0 Å². The first-order valence-corrected chi connectivity index (χ1v) is 7.63. The lowest BCUT2D eigenvalue weighted by Gasteiger charge is -2.04. The van der Waals surface area contributed by atoms with E-state index < -0.39 is 24.1 Å². The topological polar surface area (TPSA) is 74.3 Å². The van der Waals surface area contributed by atoms with E-state index in [1.807, 2.05) is 0 Å². The van der Waals surface area contributed by atoms with Crippen LogP contribution in [0.15, 0.2) is 57.7 Å². The lowest BCUT2D eigenvalue weighted by atomic mass is 10.2. The third kappa shape index (κ3) is 4.33. The molecule has 1 aromatic heterocycles. The maximum atomic E-state index is 12.9. The molecule has 3 aromatic rings. The monoisotopic (exact) mass is 362 g/mol. The van der Waals surface area contributed by atoms with Gasteiger partial charge in [0.25, 0.3) is 0 Å². The van der Waals surface area contributed by atoms with E-state index in [2.05, 4.69) is 5.10 Å². The first-order valence-electron chi connectivity index (χ1n) is 7.25. The van der Waals surface area contributed by atoms with E-state index in [0.717, 1.165) is 10.2 Å². The van der Waals surface area contributed by atoms with Gasteiger partial charge in [0.2, 0.25) is 5.89 Å². The van der Waals surface area contributed by atoms with E-state index in [9.17, 15) is 14.0 Å². The fourth-order valence-electron chi connectivity index (χ4n) is 2.03. The number of halogens is 2. The van der Waals surface area contributed by atoms with Gasteiger partial charge in [0.1, 0.15) is 19.0 Å². The molecule has 25 heavy (non-hydrogen) atoms. The summed E-state index contributed by atoms with van der Waals surface area (Å²) in [5.74, 6) is -1.87. The lowest BCUT2D eigenvalue weighted by molar-refractivity contribution is -0.146. The quantitative estimate of drug-likeness (QED) is 0.652. The Bertz CT molecular complexity index is 933. The van der Waals surface area contributed by atoms with E-state index >= 15 is 0 Å². The van der Waals surface area contributed by atoms with Crippen molar-refractivity contribution in [3.63, 3.8) is 0 Å². The predicted molar refractivity (Wildman–Crippen MR) is 87.4 cm³/mol. The molecule has 3 rings (SSSR count). The number of carbonyl (C=O) groups is 1. The zero-order valence-electron chi connectivity index (χ0n) is 12.8. The number of rotatable bonds is 5. The fraction of sp³-hybridized carbons (Fsp3) is 0.118. The first kappa shape index (κ1) is 16.9. The summed E-state index contributed by atoms with van der Waals surface area (Å²) >= 11 is 5.78. The van der Waals surface area contributed by atoms with Crippen molar-refractivity contribution in [3.8, 4) is 11.5 Å². The molecular weight excluding hydrogens is 351 g/mol. The third-order valence-electron chi connectivity index (χ3n) is 3.29. The summed E-state index contributed by atoms with van der Waals surface area (Å²) in [6, 6.07) is 12.1. The number of aromatic nitrogens is 2. The number of hydrogen-bond donors (Lipinski definition) is 0. The Morgan fingerprint density at radius 3 is 2.52 bits per heavy atom. The van der Waals surface area contributed by atoms with E-state index in [0.29, 0.717) is 10.6 Å². The second-order valence-electron chi connectivity index (χ2n) is 5.12. The molecule has 0 bridgehead atoms. The molecular formula is C17H12ClFN2O4. The second kappa shape index (κ2) is 7.31. The van der Waals surface area contributed by atoms with Crippen LogP contribution in [0.4, 0.5) is 4.39 Å². The molecule has 6 nitrogen and oxygen atoms in total. The number of nitrogens with zero attached hydrogens (tertiary/aromatic N) is 2. The zero-order valence-corrected chi connectivity index (χ0v) is 13.6.